The number of nitrogens with one attached hydrogen (secondary N) is 1. The largest absolute Gasteiger partial charge is 0.315 e. The van der Waals surface area contributed by atoms with Gasteiger partial charge in [0.2, 0.25) is 10.0 Å². The molecule has 114 valence electrons. The minimum absolute atomic E-state index is 0.492. The zero-order valence-corrected chi connectivity index (χ0v) is 13.9. The average molecular weight is 316 g/mol. The Morgan fingerprint density at radius 2 is 2.20 bits per heavy atom. The topological polar surface area (TPSA) is 49.4 Å². The number of rotatable bonds is 5. The Bertz CT molecular complexity index is 525. The minimum Gasteiger partial charge on any atom is -0.315 e. The zero-order chi connectivity index (χ0) is 14.6. The predicted octanol–water partition coefficient (Wildman–Crippen LogP) is 2.67. The Morgan fingerprint density at radius 3 is 2.90 bits per heavy atom. The molecule has 2 heterocycles. The normalized spacial score (nSPS) is 21.8. The molecule has 0 bridgehead atoms. The molecule has 1 aromatic rings. The molecule has 1 aliphatic heterocycles. The SMILES string of the molecule is CCC1CCCN(S(=O)(=O)c2ccsc2CNC)CC1. The summed E-state index contributed by atoms with van der Waals surface area (Å²) in [6.45, 7) is 4.12. The molecule has 4 nitrogen and oxygen atoms in total. The Labute approximate surface area is 126 Å². The summed E-state index contributed by atoms with van der Waals surface area (Å²) in [5.41, 5.74) is 0. The standard InChI is InChI=1S/C14H24N2O2S2/c1-3-12-5-4-8-16(9-6-12)20(17,18)14-7-10-19-13(14)11-15-2/h7,10,12,15H,3-6,8-9,11H2,1-2H3. The van der Waals surface area contributed by atoms with Crippen LogP contribution in [0.1, 0.15) is 37.5 Å². The van der Waals surface area contributed by atoms with Crippen LogP contribution < -0.4 is 5.32 Å². The van der Waals surface area contributed by atoms with Gasteiger partial charge in [-0.1, -0.05) is 13.3 Å². The van der Waals surface area contributed by atoms with Gasteiger partial charge in [-0.2, -0.15) is 4.31 Å². The highest BCUT2D eigenvalue weighted by Gasteiger charge is 2.29. The predicted molar refractivity (Wildman–Crippen MR) is 83.5 cm³/mol. The van der Waals surface area contributed by atoms with Crippen LogP contribution in [0.3, 0.4) is 0 Å². The zero-order valence-electron chi connectivity index (χ0n) is 12.3. The van der Waals surface area contributed by atoms with Crippen LogP contribution in [-0.2, 0) is 16.6 Å². The van der Waals surface area contributed by atoms with Gasteiger partial charge in [0.1, 0.15) is 0 Å². The fourth-order valence-electron chi connectivity index (χ4n) is 2.77. The molecule has 0 amide bonds. The molecule has 1 aliphatic rings. The molecular weight excluding hydrogens is 292 g/mol. The molecule has 1 fully saturated rings. The quantitative estimate of drug-likeness (QED) is 0.908. The van der Waals surface area contributed by atoms with E-state index in [1.165, 1.54) is 11.3 Å². The summed E-state index contributed by atoms with van der Waals surface area (Å²) in [5.74, 6) is 0.675. The Kier molecular flexibility index (Phi) is 5.60. The molecule has 20 heavy (non-hydrogen) atoms. The third-order valence-electron chi connectivity index (χ3n) is 4.04. The van der Waals surface area contributed by atoms with Crippen molar-refractivity contribution in [3.63, 3.8) is 0 Å². The number of hydrogen-bond acceptors (Lipinski definition) is 4. The second-order valence-corrected chi connectivity index (χ2v) is 8.25. The van der Waals surface area contributed by atoms with Gasteiger partial charge in [-0.3, -0.25) is 0 Å². The second kappa shape index (κ2) is 7.02. The van der Waals surface area contributed by atoms with Crippen molar-refractivity contribution in [2.24, 2.45) is 5.92 Å². The summed E-state index contributed by atoms with van der Waals surface area (Å²) >= 11 is 1.51. The number of nitrogens with zero attached hydrogens (tertiary/aromatic N) is 1. The average Bonchev–Trinajstić information content (AvgIpc) is 2.75. The third-order valence-corrected chi connectivity index (χ3v) is 7.08. The first-order valence-corrected chi connectivity index (χ1v) is 9.62. The highest BCUT2D eigenvalue weighted by atomic mass is 32.2. The molecular formula is C14H24N2O2S2. The molecule has 1 unspecified atom stereocenters. The maximum Gasteiger partial charge on any atom is 0.244 e. The lowest BCUT2D eigenvalue weighted by Crippen LogP contribution is -2.32. The minimum atomic E-state index is -3.32. The number of thiophene rings is 1. The second-order valence-electron chi connectivity index (χ2n) is 5.35. The van der Waals surface area contributed by atoms with Crippen LogP contribution in [0.4, 0.5) is 0 Å². The van der Waals surface area contributed by atoms with Gasteiger partial charge in [-0.15, -0.1) is 11.3 Å². The third kappa shape index (κ3) is 3.42. The van der Waals surface area contributed by atoms with Crippen LogP contribution in [0.2, 0.25) is 0 Å². The highest BCUT2D eigenvalue weighted by Crippen LogP contribution is 2.28. The Balaban J connectivity index is 2.19. The molecule has 2 rings (SSSR count). The molecule has 0 aromatic carbocycles. The van der Waals surface area contributed by atoms with E-state index in [0.717, 1.165) is 30.6 Å². The molecule has 1 atom stereocenters. The van der Waals surface area contributed by atoms with E-state index in [4.69, 9.17) is 0 Å². The van der Waals surface area contributed by atoms with E-state index in [1.807, 2.05) is 12.4 Å². The molecule has 1 N–H and O–H groups in total. The fraction of sp³-hybridized carbons (Fsp3) is 0.714. The summed E-state index contributed by atoms with van der Waals surface area (Å²) in [6.07, 6.45) is 4.26. The highest BCUT2D eigenvalue weighted by molar-refractivity contribution is 7.89. The summed E-state index contributed by atoms with van der Waals surface area (Å²) in [6, 6.07) is 1.74. The molecule has 0 saturated carbocycles. The van der Waals surface area contributed by atoms with E-state index < -0.39 is 10.0 Å². The molecule has 0 spiro atoms. The van der Waals surface area contributed by atoms with Gasteiger partial charge in [-0.25, -0.2) is 8.42 Å². The van der Waals surface area contributed by atoms with Gasteiger partial charge < -0.3 is 5.32 Å². The van der Waals surface area contributed by atoms with Crippen molar-refractivity contribution in [2.75, 3.05) is 20.1 Å². The summed E-state index contributed by atoms with van der Waals surface area (Å²) in [4.78, 5) is 1.40. The molecule has 6 heteroatoms. The first-order chi connectivity index (χ1) is 9.59. The maximum atomic E-state index is 12.8. The van der Waals surface area contributed by atoms with Crippen molar-refractivity contribution in [1.82, 2.24) is 9.62 Å². The van der Waals surface area contributed by atoms with Gasteiger partial charge in [0, 0.05) is 24.5 Å². The van der Waals surface area contributed by atoms with Gasteiger partial charge >= 0.3 is 0 Å². The summed E-state index contributed by atoms with van der Waals surface area (Å²) < 4.78 is 27.3. The smallest absolute Gasteiger partial charge is 0.244 e. The van der Waals surface area contributed by atoms with Crippen molar-refractivity contribution >= 4 is 21.4 Å². The van der Waals surface area contributed by atoms with Crippen molar-refractivity contribution in [3.8, 4) is 0 Å². The summed E-state index contributed by atoms with van der Waals surface area (Å²) in [7, 11) is -1.48. The fourth-order valence-corrected chi connectivity index (χ4v) is 5.69. The van der Waals surface area contributed by atoms with Crippen LogP contribution in [0.25, 0.3) is 0 Å². The number of sulfonamides is 1. The van der Waals surface area contributed by atoms with E-state index in [0.29, 0.717) is 30.4 Å². The van der Waals surface area contributed by atoms with Gasteiger partial charge in [-0.05, 0) is 43.7 Å². The maximum absolute atomic E-state index is 12.8. The van der Waals surface area contributed by atoms with Gasteiger partial charge in [0.05, 0.1) is 4.90 Å². The lowest BCUT2D eigenvalue weighted by molar-refractivity contribution is 0.407. The van der Waals surface area contributed by atoms with Crippen molar-refractivity contribution < 1.29 is 8.42 Å². The van der Waals surface area contributed by atoms with Crippen LogP contribution in [0.15, 0.2) is 16.3 Å². The van der Waals surface area contributed by atoms with Crippen LogP contribution in [0, 0.1) is 5.92 Å². The molecule has 0 aliphatic carbocycles. The monoisotopic (exact) mass is 316 g/mol. The summed E-state index contributed by atoms with van der Waals surface area (Å²) in [5, 5.41) is 4.91. The van der Waals surface area contributed by atoms with Crippen LogP contribution in [0.5, 0.6) is 0 Å². The van der Waals surface area contributed by atoms with Crippen molar-refractivity contribution in [2.45, 2.75) is 44.0 Å². The van der Waals surface area contributed by atoms with E-state index in [2.05, 4.69) is 12.2 Å². The van der Waals surface area contributed by atoms with Crippen molar-refractivity contribution in [3.05, 3.63) is 16.3 Å². The van der Waals surface area contributed by atoms with E-state index in [-0.39, 0.29) is 0 Å². The van der Waals surface area contributed by atoms with Crippen LogP contribution >= 0.6 is 11.3 Å². The molecule has 0 radical (unpaired) electrons. The lowest BCUT2D eigenvalue weighted by Gasteiger charge is -2.20. The van der Waals surface area contributed by atoms with Gasteiger partial charge in [0.25, 0.3) is 0 Å². The van der Waals surface area contributed by atoms with Gasteiger partial charge in [0.15, 0.2) is 0 Å². The Morgan fingerprint density at radius 1 is 1.40 bits per heavy atom. The lowest BCUT2D eigenvalue weighted by atomic mass is 9.98. The van der Waals surface area contributed by atoms with Crippen molar-refractivity contribution in [1.29, 1.82) is 0 Å². The van der Waals surface area contributed by atoms with E-state index >= 15 is 0 Å². The first kappa shape index (κ1) is 15.9. The molecule has 1 aromatic heterocycles. The first-order valence-electron chi connectivity index (χ1n) is 7.30. The Hall–Kier alpha value is -0.430. The number of hydrogen-bond donors (Lipinski definition) is 1. The van der Waals surface area contributed by atoms with Crippen LogP contribution in [-0.4, -0.2) is 32.9 Å². The van der Waals surface area contributed by atoms with E-state index in [9.17, 15) is 8.42 Å². The van der Waals surface area contributed by atoms with E-state index in [1.54, 1.807) is 10.4 Å². The molecule has 1 saturated heterocycles.